The molecule has 36 heavy (non-hydrogen) atoms. The number of nitrogens with zero attached hydrogens (tertiary/aromatic N) is 2. The fourth-order valence-electron chi connectivity index (χ4n) is 3.03. The van der Waals surface area contributed by atoms with Gasteiger partial charge in [0.2, 0.25) is 0 Å². The molecule has 0 fully saturated rings. The van der Waals surface area contributed by atoms with E-state index in [0.717, 1.165) is 25.7 Å². The summed E-state index contributed by atoms with van der Waals surface area (Å²) < 4.78 is 19.7. The third-order valence-electron chi connectivity index (χ3n) is 4.58. The molecule has 10 nitrogen and oxygen atoms in total. The Labute approximate surface area is 208 Å². The SMILES string of the molecule is CC=O.CCOc1cc(CNC(=O)c2cc3ccc(/C(C=N)=C(\C)N)nc3[nH]2)c(F)cc1C#N.CO. The van der Waals surface area contributed by atoms with Gasteiger partial charge in [-0.05, 0) is 51.1 Å². The third kappa shape index (κ3) is 7.48. The molecule has 3 rings (SSSR count). The molecule has 0 aliphatic heterocycles. The van der Waals surface area contributed by atoms with E-state index in [1.54, 1.807) is 32.0 Å². The molecule has 2 aromatic heterocycles. The van der Waals surface area contributed by atoms with E-state index < -0.39 is 11.7 Å². The normalized spacial score (nSPS) is 10.5. The second kappa shape index (κ2) is 14.6. The van der Waals surface area contributed by atoms with Crippen molar-refractivity contribution in [3.8, 4) is 11.8 Å². The van der Waals surface area contributed by atoms with Crippen molar-refractivity contribution in [2.45, 2.75) is 27.3 Å². The van der Waals surface area contributed by atoms with Gasteiger partial charge >= 0.3 is 0 Å². The van der Waals surface area contributed by atoms with Crippen molar-refractivity contribution < 1.29 is 23.8 Å². The zero-order chi connectivity index (χ0) is 27.3. The van der Waals surface area contributed by atoms with Gasteiger partial charge in [-0.2, -0.15) is 5.26 Å². The quantitative estimate of drug-likeness (QED) is 0.246. The lowest BCUT2D eigenvalue weighted by Crippen LogP contribution is -2.23. The van der Waals surface area contributed by atoms with Gasteiger partial charge in [-0.3, -0.25) is 4.79 Å². The molecule has 1 amide bonds. The number of rotatable bonds is 7. The van der Waals surface area contributed by atoms with Crippen LogP contribution in [-0.4, -0.2) is 47.2 Å². The number of ether oxygens (including phenoxy) is 1. The summed E-state index contributed by atoms with van der Waals surface area (Å²) in [4.78, 5) is 28.7. The Morgan fingerprint density at radius 3 is 2.58 bits per heavy atom. The summed E-state index contributed by atoms with van der Waals surface area (Å²) in [6.45, 7) is 5.13. The highest BCUT2D eigenvalue weighted by molar-refractivity contribution is 6.09. The molecular weight excluding hydrogens is 467 g/mol. The van der Waals surface area contributed by atoms with Gasteiger partial charge in [0.25, 0.3) is 5.91 Å². The molecule has 0 atom stereocenters. The van der Waals surface area contributed by atoms with Gasteiger partial charge in [-0.1, -0.05) is 0 Å². The molecular formula is C25H29FN6O4. The van der Waals surface area contributed by atoms with Crippen LogP contribution in [0, 0.1) is 22.6 Å². The lowest BCUT2D eigenvalue weighted by Gasteiger charge is -2.10. The van der Waals surface area contributed by atoms with Gasteiger partial charge in [0.15, 0.2) is 0 Å². The predicted molar refractivity (Wildman–Crippen MR) is 135 cm³/mol. The summed E-state index contributed by atoms with van der Waals surface area (Å²) in [6.07, 6.45) is 1.88. The number of carbonyl (C=O) groups excluding carboxylic acids is 2. The van der Waals surface area contributed by atoms with Crippen molar-refractivity contribution in [2.24, 2.45) is 5.73 Å². The highest BCUT2D eigenvalue weighted by Gasteiger charge is 2.15. The molecule has 0 saturated carbocycles. The number of hydrogen-bond donors (Lipinski definition) is 5. The highest BCUT2D eigenvalue weighted by Crippen LogP contribution is 2.23. The van der Waals surface area contributed by atoms with Crippen LogP contribution >= 0.6 is 0 Å². The second-order valence-electron chi connectivity index (χ2n) is 6.96. The van der Waals surface area contributed by atoms with Crippen molar-refractivity contribution in [3.63, 3.8) is 0 Å². The van der Waals surface area contributed by atoms with E-state index in [4.69, 9.17) is 31.0 Å². The largest absolute Gasteiger partial charge is 0.492 e. The first kappa shape index (κ1) is 29.5. The number of aldehydes is 1. The smallest absolute Gasteiger partial charge is 0.268 e. The van der Waals surface area contributed by atoms with Crippen molar-refractivity contribution >= 4 is 35.0 Å². The number of aliphatic hydroxyl groups is 1. The van der Waals surface area contributed by atoms with Crippen molar-refractivity contribution in [1.29, 1.82) is 10.7 Å². The first-order chi connectivity index (χ1) is 17.3. The van der Waals surface area contributed by atoms with Gasteiger partial charge in [0, 0.05) is 42.1 Å². The van der Waals surface area contributed by atoms with Gasteiger partial charge in [-0.25, -0.2) is 9.37 Å². The van der Waals surface area contributed by atoms with E-state index in [1.165, 1.54) is 13.0 Å². The van der Waals surface area contributed by atoms with Crippen LogP contribution in [0.5, 0.6) is 5.75 Å². The molecule has 0 spiro atoms. The monoisotopic (exact) mass is 496 g/mol. The lowest BCUT2D eigenvalue weighted by atomic mass is 10.1. The van der Waals surface area contributed by atoms with Crippen molar-refractivity contribution in [3.05, 3.63) is 64.4 Å². The number of fused-ring (bicyclic) bond motifs is 1. The second-order valence-corrected chi connectivity index (χ2v) is 6.96. The summed E-state index contributed by atoms with van der Waals surface area (Å²) in [6, 6.07) is 9.51. The van der Waals surface area contributed by atoms with Crippen LogP contribution in [0.3, 0.4) is 0 Å². The summed E-state index contributed by atoms with van der Waals surface area (Å²) in [7, 11) is 1.00. The molecule has 0 saturated heterocycles. The number of aromatic nitrogens is 2. The van der Waals surface area contributed by atoms with Crippen LogP contribution in [0.25, 0.3) is 16.6 Å². The maximum absolute atomic E-state index is 14.3. The summed E-state index contributed by atoms with van der Waals surface area (Å²) in [5.41, 5.74) is 8.27. The first-order valence-electron chi connectivity index (χ1n) is 10.7. The molecule has 0 aliphatic rings. The average Bonchev–Trinajstić information content (AvgIpc) is 3.29. The van der Waals surface area contributed by atoms with Gasteiger partial charge < -0.3 is 36.1 Å². The van der Waals surface area contributed by atoms with E-state index in [1.807, 2.05) is 6.07 Å². The lowest BCUT2D eigenvalue weighted by molar-refractivity contribution is -0.106. The number of nitrogens with one attached hydrogen (secondary N) is 3. The maximum atomic E-state index is 14.3. The molecule has 1 aromatic carbocycles. The van der Waals surface area contributed by atoms with E-state index in [0.29, 0.717) is 34.6 Å². The Balaban J connectivity index is 0.00000120. The van der Waals surface area contributed by atoms with Crippen LogP contribution in [0.4, 0.5) is 4.39 Å². The Kier molecular flexibility index (Phi) is 12.0. The Hall–Kier alpha value is -4.56. The van der Waals surface area contributed by atoms with E-state index in [-0.39, 0.29) is 29.1 Å². The van der Waals surface area contributed by atoms with E-state index in [2.05, 4.69) is 15.3 Å². The molecule has 0 radical (unpaired) electrons. The number of pyridine rings is 1. The number of halogens is 1. The minimum atomic E-state index is -0.605. The number of amides is 1. The van der Waals surface area contributed by atoms with E-state index >= 15 is 0 Å². The molecule has 190 valence electrons. The fourth-order valence-corrected chi connectivity index (χ4v) is 3.03. The number of carbonyl (C=O) groups is 2. The van der Waals surface area contributed by atoms with Crippen LogP contribution in [-0.2, 0) is 11.3 Å². The Bertz CT molecular complexity index is 1290. The molecule has 11 heteroatoms. The third-order valence-corrected chi connectivity index (χ3v) is 4.58. The summed E-state index contributed by atoms with van der Waals surface area (Å²) in [5.74, 6) is -0.784. The first-order valence-corrected chi connectivity index (χ1v) is 10.7. The van der Waals surface area contributed by atoms with E-state index in [9.17, 15) is 9.18 Å². The predicted octanol–water partition coefficient (Wildman–Crippen LogP) is 3.06. The number of nitrogens with two attached hydrogens (primary N) is 1. The number of hydrogen-bond acceptors (Lipinski definition) is 8. The number of aliphatic hydroxyl groups excluding tert-OH is 1. The zero-order valence-electron chi connectivity index (χ0n) is 20.5. The van der Waals surface area contributed by atoms with Gasteiger partial charge in [0.05, 0.1) is 17.9 Å². The molecule has 2 heterocycles. The van der Waals surface area contributed by atoms with Crippen LogP contribution in [0.15, 0.2) is 36.0 Å². The fraction of sp³-hybridized carbons (Fsp3) is 0.240. The topological polar surface area (TPSA) is 178 Å². The minimum absolute atomic E-state index is 0.0858. The number of nitriles is 1. The zero-order valence-corrected chi connectivity index (χ0v) is 20.5. The molecule has 6 N–H and O–H groups in total. The van der Waals surface area contributed by atoms with Crippen LogP contribution in [0.1, 0.15) is 48.1 Å². The van der Waals surface area contributed by atoms with Crippen LogP contribution < -0.4 is 15.8 Å². The molecule has 0 bridgehead atoms. The Morgan fingerprint density at radius 2 is 2.03 bits per heavy atom. The number of aromatic amines is 1. The number of benzene rings is 1. The highest BCUT2D eigenvalue weighted by atomic mass is 19.1. The number of H-pyrrole nitrogens is 1. The van der Waals surface area contributed by atoms with Crippen molar-refractivity contribution in [1.82, 2.24) is 15.3 Å². The molecule has 0 unspecified atom stereocenters. The average molecular weight is 497 g/mol. The summed E-state index contributed by atoms with van der Waals surface area (Å²) >= 11 is 0. The molecule has 3 aromatic rings. The number of allylic oxidation sites excluding steroid dienone is 2. The molecule has 0 aliphatic carbocycles. The van der Waals surface area contributed by atoms with Gasteiger partial charge in [0.1, 0.15) is 35.3 Å². The van der Waals surface area contributed by atoms with Gasteiger partial charge in [-0.15, -0.1) is 0 Å². The minimum Gasteiger partial charge on any atom is -0.492 e. The standard InChI is InChI=1S/C22H21FN6O2.C2H4O.CH4O/c1-3-31-20-8-15(17(23)6-14(20)9-24)11-27-22(30)19-7-13-4-5-18(28-21(13)29-19)16(10-25)12(2)26;1-2-3;1-2/h4-8,10,25H,3,11,26H2,1-2H3,(H,27,30)(H,28,29);2H,1H3;2H,1H3/b16-12+,25-10?;;. The summed E-state index contributed by atoms with van der Waals surface area (Å²) in [5, 5.41) is 26.9. The van der Waals surface area contributed by atoms with Crippen LogP contribution in [0.2, 0.25) is 0 Å². The maximum Gasteiger partial charge on any atom is 0.268 e. The van der Waals surface area contributed by atoms with Crippen molar-refractivity contribution in [2.75, 3.05) is 13.7 Å². The Morgan fingerprint density at radius 1 is 1.36 bits per heavy atom.